The molecule has 6 heteroatoms. The minimum Gasteiger partial charge on any atom is -0.461 e. The summed E-state index contributed by atoms with van der Waals surface area (Å²) in [6.07, 6.45) is 2.96. The second-order valence-electron chi connectivity index (χ2n) is 5.50. The highest BCUT2D eigenvalue weighted by Crippen LogP contribution is 2.42. The van der Waals surface area contributed by atoms with Crippen molar-refractivity contribution in [1.82, 2.24) is 15.3 Å². The summed E-state index contributed by atoms with van der Waals surface area (Å²) in [6.45, 7) is 3.63. The number of esters is 1. The maximum absolute atomic E-state index is 12.2. The molecule has 1 unspecified atom stereocenters. The molecule has 114 valence electrons. The van der Waals surface area contributed by atoms with Crippen molar-refractivity contribution in [2.24, 2.45) is 5.92 Å². The van der Waals surface area contributed by atoms with E-state index in [-0.39, 0.29) is 12.1 Å². The Morgan fingerprint density at radius 3 is 2.90 bits per heavy atom. The van der Waals surface area contributed by atoms with Gasteiger partial charge in [-0.1, -0.05) is 0 Å². The average molecular weight is 291 g/mol. The lowest BCUT2D eigenvalue weighted by Crippen LogP contribution is -2.29. The van der Waals surface area contributed by atoms with Crippen LogP contribution in [-0.2, 0) is 22.4 Å². The van der Waals surface area contributed by atoms with Crippen molar-refractivity contribution >= 4 is 5.97 Å². The van der Waals surface area contributed by atoms with Crippen LogP contribution in [0.3, 0.4) is 0 Å². The molecule has 1 saturated carbocycles. The van der Waals surface area contributed by atoms with Crippen molar-refractivity contribution in [2.45, 2.75) is 38.8 Å². The number of methoxy groups -OCH3 is 1. The smallest absolute Gasteiger partial charge is 0.357 e. The molecule has 2 heterocycles. The molecule has 6 nitrogen and oxygen atoms in total. The molecule has 3 rings (SSSR count). The van der Waals surface area contributed by atoms with Crippen LogP contribution in [-0.4, -0.2) is 36.2 Å². The molecule has 1 atom stereocenters. The monoisotopic (exact) mass is 291 g/mol. The zero-order chi connectivity index (χ0) is 14.8. The van der Waals surface area contributed by atoms with Crippen molar-refractivity contribution in [3.8, 4) is 0 Å². The maximum Gasteiger partial charge on any atom is 0.357 e. The van der Waals surface area contributed by atoms with E-state index in [1.807, 2.05) is 0 Å². The van der Waals surface area contributed by atoms with Crippen molar-refractivity contribution in [3.05, 3.63) is 22.8 Å². The molecule has 0 amide bonds. The van der Waals surface area contributed by atoms with Crippen molar-refractivity contribution in [2.75, 3.05) is 20.3 Å². The molecule has 1 aliphatic heterocycles. The van der Waals surface area contributed by atoms with Crippen LogP contribution in [0.2, 0.25) is 0 Å². The van der Waals surface area contributed by atoms with Gasteiger partial charge >= 0.3 is 5.97 Å². The SMILES string of the molecule is CCOC(=O)c1nc(C(OC)C2CC2)nc2c1CNCC2. The minimum absolute atomic E-state index is 0.113. The number of rotatable bonds is 5. The number of ether oxygens (including phenoxy) is 2. The minimum atomic E-state index is -0.369. The van der Waals surface area contributed by atoms with E-state index in [0.29, 0.717) is 30.6 Å². The summed E-state index contributed by atoms with van der Waals surface area (Å²) >= 11 is 0. The molecule has 1 fully saturated rings. The zero-order valence-electron chi connectivity index (χ0n) is 12.5. The van der Waals surface area contributed by atoms with Crippen molar-refractivity contribution < 1.29 is 14.3 Å². The molecule has 0 aromatic carbocycles. The van der Waals surface area contributed by atoms with E-state index in [4.69, 9.17) is 9.47 Å². The fourth-order valence-corrected chi connectivity index (χ4v) is 2.77. The van der Waals surface area contributed by atoms with Gasteiger partial charge in [0.2, 0.25) is 0 Å². The standard InChI is InChI=1S/C15H21N3O3/c1-3-21-15(19)12-10-8-16-7-6-11(10)17-14(18-12)13(20-2)9-4-5-9/h9,13,16H,3-8H2,1-2H3. The fourth-order valence-electron chi connectivity index (χ4n) is 2.77. The molecule has 0 bridgehead atoms. The van der Waals surface area contributed by atoms with Gasteiger partial charge in [-0.2, -0.15) is 0 Å². The van der Waals surface area contributed by atoms with Crippen LogP contribution < -0.4 is 5.32 Å². The lowest BCUT2D eigenvalue weighted by atomic mass is 10.0. The topological polar surface area (TPSA) is 73.3 Å². The predicted molar refractivity (Wildman–Crippen MR) is 75.9 cm³/mol. The number of nitrogens with one attached hydrogen (secondary N) is 1. The Balaban J connectivity index is 2.01. The molecule has 21 heavy (non-hydrogen) atoms. The van der Waals surface area contributed by atoms with Gasteiger partial charge in [-0.15, -0.1) is 0 Å². The Morgan fingerprint density at radius 1 is 1.43 bits per heavy atom. The van der Waals surface area contributed by atoms with E-state index in [0.717, 1.165) is 37.1 Å². The first-order valence-electron chi connectivity index (χ1n) is 7.55. The van der Waals surface area contributed by atoms with Gasteiger partial charge in [0, 0.05) is 32.2 Å². The first-order valence-corrected chi connectivity index (χ1v) is 7.55. The zero-order valence-corrected chi connectivity index (χ0v) is 12.5. The van der Waals surface area contributed by atoms with Gasteiger partial charge in [0.1, 0.15) is 6.10 Å². The summed E-state index contributed by atoms with van der Waals surface area (Å²) in [5.74, 6) is 0.736. The molecular formula is C15H21N3O3. The fraction of sp³-hybridized carbons (Fsp3) is 0.667. The average Bonchev–Trinajstić information content (AvgIpc) is 3.32. The van der Waals surface area contributed by atoms with Gasteiger partial charge < -0.3 is 14.8 Å². The number of carbonyl (C=O) groups excluding carboxylic acids is 1. The summed E-state index contributed by atoms with van der Waals surface area (Å²) in [5.41, 5.74) is 2.21. The molecule has 1 aromatic rings. The number of aromatic nitrogens is 2. The number of hydrogen-bond acceptors (Lipinski definition) is 6. The van der Waals surface area contributed by atoms with E-state index in [9.17, 15) is 4.79 Å². The van der Waals surface area contributed by atoms with E-state index in [1.54, 1.807) is 14.0 Å². The summed E-state index contributed by atoms with van der Waals surface area (Å²) in [5, 5.41) is 3.26. The summed E-state index contributed by atoms with van der Waals surface area (Å²) in [6, 6.07) is 0. The normalized spacial score (nSPS) is 19.0. The maximum atomic E-state index is 12.2. The van der Waals surface area contributed by atoms with Gasteiger partial charge in [0.15, 0.2) is 11.5 Å². The molecular weight excluding hydrogens is 270 g/mol. The lowest BCUT2D eigenvalue weighted by Gasteiger charge is -2.21. The van der Waals surface area contributed by atoms with Crippen LogP contribution in [0.1, 0.15) is 53.4 Å². The highest BCUT2D eigenvalue weighted by Gasteiger charge is 2.36. The summed E-state index contributed by atoms with van der Waals surface area (Å²) < 4.78 is 10.7. The number of hydrogen-bond donors (Lipinski definition) is 1. The first kappa shape index (κ1) is 14.4. The van der Waals surface area contributed by atoms with Gasteiger partial charge in [-0.3, -0.25) is 0 Å². The molecule has 1 N–H and O–H groups in total. The predicted octanol–water partition coefficient (Wildman–Crippen LogP) is 1.40. The van der Waals surface area contributed by atoms with Crippen LogP contribution in [0.4, 0.5) is 0 Å². The third-order valence-electron chi connectivity index (χ3n) is 3.98. The van der Waals surface area contributed by atoms with Crippen LogP contribution in [0.15, 0.2) is 0 Å². The highest BCUT2D eigenvalue weighted by atomic mass is 16.5. The second kappa shape index (κ2) is 6.07. The molecule has 1 aliphatic carbocycles. The Bertz CT molecular complexity index is 543. The van der Waals surface area contributed by atoms with Gasteiger partial charge in [-0.05, 0) is 25.7 Å². The number of nitrogens with zero attached hydrogens (tertiary/aromatic N) is 2. The largest absolute Gasteiger partial charge is 0.461 e. The lowest BCUT2D eigenvalue weighted by molar-refractivity contribution is 0.0510. The summed E-state index contributed by atoms with van der Waals surface area (Å²) in [4.78, 5) is 21.3. The van der Waals surface area contributed by atoms with Crippen molar-refractivity contribution in [3.63, 3.8) is 0 Å². The quantitative estimate of drug-likeness (QED) is 0.827. The molecule has 2 aliphatic rings. The third-order valence-corrected chi connectivity index (χ3v) is 3.98. The van der Waals surface area contributed by atoms with E-state index < -0.39 is 0 Å². The third kappa shape index (κ3) is 2.91. The molecule has 1 aromatic heterocycles. The van der Waals surface area contributed by atoms with Crippen LogP contribution >= 0.6 is 0 Å². The number of carbonyl (C=O) groups is 1. The Labute approximate surface area is 124 Å². The Kier molecular flexibility index (Phi) is 4.17. The van der Waals surface area contributed by atoms with E-state index in [2.05, 4.69) is 15.3 Å². The van der Waals surface area contributed by atoms with Crippen molar-refractivity contribution in [1.29, 1.82) is 0 Å². The van der Waals surface area contributed by atoms with Gasteiger partial charge in [-0.25, -0.2) is 14.8 Å². The molecule has 0 saturated heterocycles. The van der Waals surface area contributed by atoms with Crippen LogP contribution in [0.25, 0.3) is 0 Å². The first-order chi connectivity index (χ1) is 10.2. The van der Waals surface area contributed by atoms with Crippen LogP contribution in [0, 0.1) is 5.92 Å². The second-order valence-corrected chi connectivity index (χ2v) is 5.50. The van der Waals surface area contributed by atoms with Gasteiger partial charge in [0.25, 0.3) is 0 Å². The number of fused-ring (bicyclic) bond motifs is 1. The Morgan fingerprint density at radius 2 is 2.24 bits per heavy atom. The summed E-state index contributed by atoms with van der Waals surface area (Å²) in [7, 11) is 1.68. The highest BCUT2D eigenvalue weighted by molar-refractivity contribution is 5.89. The molecule has 0 radical (unpaired) electrons. The van der Waals surface area contributed by atoms with E-state index >= 15 is 0 Å². The Hall–Kier alpha value is -1.53. The van der Waals surface area contributed by atoms with E-state index in [1.165, 1.54) is 0 Å². The van der Waals surface area contributed by atoms with Gasteiger partial charge in [0.05, 0.1) is 12.3 Å². The molecule has 0 spiro atoms. The van der Waals surface area contributed by atoms with Crippen LogP contribution in [0.5, 0.6) is 0 Å².